The number of nitrogens with zero attached hydrogens (tertiary/aromatic N) is 4. The predicted molar refractivity (Wildman–Crippen MR) is 109 cm³/mol. The molecule has 6 heteroatoms. The Kier molecular flexibility index (Phi) is 5.12. The first-order chi connectivity index (χ1) is 14.2. The van der Waals surface area contributed by atoms with Gasteiger partial charge in [-0.15, -0.1) is 0 Å². The fourth-order valence-electron chi connectivity index (χ4n) is 4.73. The number of carbonyl (C=O) groups is 1. The number of fused-ring (bicyclic) bond motifs is 1. The minimum absolute atomic E-state index is 0.0572. The van der Waals surface area contributed by atoms with E-state index >= 15 is 0 Å². The normalized spacial score (nSPS) is 21.8. The van der Waals surface area contributed by atoms with Crippen molar-refractivity contribution in [3.63, 3.8) is 0 Å². The Hall–Kier alpha value is -2.21. The second-order valence-corrected chi connectivity index (χ2v) is 8.96. The first-order valence-corrected chi connectivity index (χ1v) is 11.1. The maximum atomic E-state index is 13.1. The van der Waals surface area contributed by atoms with Crippen molar-refractivity contribution in [1.29, 1.82) is 0 Å². The molecule has 1 atom stereocenters. The molecule has 5 rings (SSSR count). The fraction of sp³-hybridized carbons (Fsp3) is 0.609. The zero-order chi connectivity index (χ0) is 19.8. The van der Waals surface area contributed by atoms with Crippen molar-refractivity contribution in [1.82, 2.24) is 19.9 Å². The van der Waals surface area contributed by atoms with E-state index in [9.17, 15) is 4.79 Å². The van der Waals surface area contributed by atoms with Gasteiger partial charge in [0.25, 0.3) is 0 Å². The highest BCUT2D eigenvalue weighted by atomic mass is 16.5. The minimum Gasteiger partial charge on any atom is -0.341 e. The van der Waals surface area contributed by atoms with E-state index in [1.807, 2.05) is 0 Å². The van der Waals surface area contributed by atoms with Crippen molar-refractivity contribution < 1.29 is 9.32 Å². The molecule has 1 aromatic carbocycles. The lowest BCUT2D eigenvalue weighted by Gasteiger charge is -2.38. The van der Waals surface area contributed by atoms with Crippen molar-refractivity contribution in [2.24, 2.45) is 5.92 Å². The third kappa shape index (κ3) is 4.08. The quantitative estimate of drug-likeness (QED) is 0.779. The van der Waals surface area contributed by atoms with Gasteiger partial charge < -0.3 is 9.42 Å². The van der Waals surface area contributed by atoms with Crippen LogP contribution in [-0.4, -0.2) is 51.5 Å². The van der Waals surface area contributed by atoms with Gasteiger partial charge in [-0.05, 0) is 56.1 Å². The molecule has 3 aliphatic rings. The summed E-state index contributed by atoms with van der Waals surface area (Å²) in [5, 5.41) is 4.16. The summed E-state index contributed by atoms with van der Waals surface area (Å²) in [5.74, 6) is 3.00. The highest BCUT2D eigenvalue weighted by molar-refractivity contribution is 5.81. The maximum Gasteiger partial charge on any atom is 0.239 e. The summed E-state index contributed by atoms with van der Waals surface area (Å²) in [5.41, 5.74) is 2.79. The predicted octanol–water partition coefficient (Wildman–Crippen LogP) is 3.17. The number of amides is 1. The van der Waals surface area contributed by atoms with Crippen LogP contribution in [0.3, 0.4) is 0 Å². The Labute approximate surface area is 172 Å². The molecule has 2 aliphatic heterocycles. The molecule has 0 bridgehead atoms. The Morgan fingerprint density at radius 2 is 1.90 bits per heavy atom. The number of hydrogen-bond donors (Lipinski definition) is 0. The van der Waals surface area contributed by atoms with Crippen LogP contribution in [0, 0.1) is 5.92 Å². The summed E-state index contributed by atoms with van der Waals surface area (Å²) >= 11 is 0. The largest absolute Gasteiger partial charge is 0.341 e. The van der Waals surface area contributed by atoms with E-state index < -0.39 is 0 Å². The average molecular weight is 395 g/mol. The van der Waals surface area contributed by atoms with Gasteiger partial charge in [-0.2, -0.15) is 4.98 Å². The number of piperidine rings is 1. The topological polar surface area (TPSA) is 62.5 Å². The third-order valence-electron chi connectivity index (χ3n) is 6.87. The van der Waals surface area contributed by atoms with Crippen LogP contribution in [0.25, 0.3) is 0 Å². The zero-order valence-corrected chi connectivity index (χ0v) is 17.2. The Balaban J connectivity index is 1.13. The van der Waals surface area contributed by atoms with Gasteiger partial charge in [0.2, 0.25) is 11.8 Å². The smallest absolute Gasteiger partial charge is 0.239 e. The van der Waals surface area contributed by atoms with E-state index in [0.29, 0.717) is 11.8 Å². The number of aromatic nitrogens is 2. The van der Waals surface area contributed by atoms with Gasteiger partial charge in [0.05, 0.1) is 6.04 Å². The van der Waals surface area contributed by atoms with Crippen LogP contribution < -0.4 is 0 Å². The number of benzene rings is 1. The van der Waals surface area contributed by atoms with Gasteiger partial charge >= 0.3 is 0 Å². The van der Waals surface area contributed by atoms with Crippen LogP contribution in [0.5, 0.6) is 0 Å². The van der Waals surface area contributed by atoms with Crippen LogP contribution in [0.15, 0.2) is 28.8 Å². The number of carbonyl (C=O) groups excluding carboxylic acids is 1. The number of hydrogen-bond acceptors (Lipinski definition) is 5. The first kappa shape index (κ1) is 18.8. The third-order valence-corrected chi connectivity index (χ3v) is 6.87. The van der Waals surface area contributed by atoms with Gasteiger partial charge in [0, 0.05) is 38.5 Å². The summed E-state index contributed by atoms with van der Waals surface area (Å²) in [6.45, 7) is 5.58. The number of rotatable bonds is 5. The minimum atomic E-state index is -0.0572. The zero-order valence-electron chi connectivity index (χ0n) is 17.2. The van der Waals surface area contributed by atoms with Crippen LogP contribution in [0.2, 0.25) is 0 Å². The van der Waals surface area contributed by atoms with Crippen molar-refractivity contribution in [3.8, 4) is 0 Å². The SMILES string of the molecule is CC(C(=O)N1CCC(Cc2noc(C3CC3)n2)CC1)N1CCc2ccccc2C1. The summed E-state index contributed by atoms with van der Waals surface area (Å²) < 4.78 is 5.38. The van der Waals surface area contributed by atoms with E-state index in [2.05, 4.69) is 51.1 Å². The molecular weight excluding hydrogens is 364 g/mol. The summed E-state index contributed by atoms with van der Waals surface area (Å²) in [7, 11) is 0. The molecule has 1 aliphatic carbocycles. The van der Waals surface area contributed by atoms with Crippen molar-refractivity contribution in [2.75, 3.05) is 19.6 Å². The molecule has 0 spiro atoms. The van der Waals surface area contributed by atoms with Crippen LogP contribution in [0.1, 0.15) is 61.4 Å². The van der Waals surface area contributed by atoms with Crippen molar-refractivity contribution >= 4 is 5.91 Å². The number of likely N-dealkylation sites (tertiary alicyclic amines) is 1. The summed E-state index contributed by atoms with van der Waals surface area (Å²) in [6.07, 6.45) is 6.31. The molecule has 0 radical (unpaired) electrons. The molecule has 6 nitrogen and oxygen atoms in total. The second-order valence-electron chi connectivity index (χ2n) is 8.96. The molecule has 154 valence electrons. The van der Waals surface area contributed by atoms with E-state index in [-0.39, 0.29) is 11.9 Å². The maximum absolute atomic E-state index is 13.1. The lowest BCUT2D eigenvalue weighted by Crippen LogP contribution is -2.50. The molecule has 2 aromatic rings. The average Bonchev–Trinajstić information content (AvgIpc) is 3.52. The van der Waals surface area contributed by atoms with Gasteiger partial charge in [0.15, 0.2) is 5.82 Å². The fourth-order valence-corrected chi connectivity index (χ4v) is 4.73. The van der Waals surface area contributed by atoms with Gasteiger partial charge in [-0.3, -0.25) is 9.69 Å². The molecule has 0 N–H and O–H groups in total. The molecule has 1 saturated carbocycles. The lowest BCUT2D eigenvalue weighted by atomic mass is 9.92. The van der Waals surface area contributed by atoms with E-state index in [0.717, 1.165) is 63.6 Å². The molecule has 2 fully saturated rings. The molecule has 3 heterocycles. The molecule has 1 amide bonds. The Morgan fingerprint density at radius 3 is 2.66 bits per heavy atom. The molecule has 1 saturated heterocycles. The second kappa shape index (κ2) is 7.90. The van der Waals surface area contributed by atoms with Crippen LogP contribution in [0.4, 0.5) is 0 Å². The molecule has 1 aromatic heterocycles. The van der Waals surface area contributed by atoms with Gasteiger partial charge in [-0.1, -0.05) is 29.4 Å². The standard InChI is InChI=1S/C23H30N4O2/c1-16(27-13-10-18-4-2-3-5-20(18)15-27)23(28)26-11-8-17(9-12-26)14-21-24-22(29-25-21)19-6-7-19/h2-5,16-17,19H,6-15H2,1H3. The van der Waals surface area contributed by atoms with E-state index in [1.54, 1.807) is 0 Å². The highest BCUT2D eigenvalue weighted by Crippen LogP contribution is 2.39. The lowest BCUT2D eigenvalue weighted by molar-refractivity contribution is -0.138. The monoisotopic (exact) mass is 394 g/mol. The van der Waals surface area contributed by atoms with E-state index in [1.165, 1.54) is 24.0 Å². The highest BCUT2D eigenvalue weighted by Gasteiger charge is 2.32. The molecular formula is C23H30N4O2. The van der Waals surface area contributed by atoms with Crippen LogP contribution in [-0.2, 0) is 24.2 Å². The van der Waals surface area contributed by atoms with Gasteiger partial charge in [-0.25, -0.2) is 0 Å². The Morgan fingerprint density at radius 1 is 1.14 bits per heavy atom. The summed E-state index contributed by atoms with van der Waals surface area (Å²) in [4.78, 5) is 22.1. The first-order valence-electron chi connectivity index (χ1n) is 11.1. The molecule has 29 heavy (non-hydrogen) atoms. The van der Waals surface area contributed by atoms with Crippen molar-refractivity contribution in [2.45, 2.75) is 64.0 Å². The van der Waals surface area contributed by atoms with Crippen LogP contribution >= 0.6 is 0 Å². The van der Waals surface area contributed by atoms with Gasteiger partial charge in [0.1, 0.15) is 0 Å². The Bertz CT molecular complexity index is 867. The molecule has 1 unspecified atom stereocenters. The summed E-state index contributed by atoms with van der Waals surface area (Å²) in [6, 6.07) is 8.54. The van der Waals surface area contributed by atoms with Crippen molar-refractivity contribution in [3.05, 3.63) is 47.1 Å². The van der Waals surface area contributed by atoms with E-state index in [4.69, 9.17) is 4.52 Å².